The lowest BCUT2D eigenvalue weighted by atomic mass is 10.2. The standard InChI is InChI=1S/C17H11N7O7/c25-12-19-14(27)23(15(28)20-12)9-3-1-8(2-4-9)7-18-10-5-6-11(31-10)24-16(29)21-13(26)22-17(24)30/h1-7H,(H2,19,20,25,27,28)(H2,21,22,26,29,30)/b18-7+. The molecule has 156 valence electrons. The molecule has 31 heavy (non-hydrogen) atoms. The van der Waals surface area contributed by atoms with E-state index in [2.05, 4.69) is 4.99 Å². The average molecular weight is 425 g/mol. The second-order valence-corrected chi connectivity index (χ2v) is 6.01. The van der Waals surface area contributed by atoms with Gasteiger partial charge in [0.15, 0.2) is 0 Å². The van der Waals surface area contributed by atoms with Gasteiger partial charge in [0.2, 0.25) is 11.8 Å². The number of aromatic amines is 4. The molecule has 0 aliphatic rings. The van der Waals surface area contributed by atoms with Crippen molar-refractivity contribution in [1.29, 1.82) is 0 Å². The molecule has 0 bridgehead atoms. The molecule has 4 rings (SSSR count). The number of hydrogen-bond acceptors (Lipinski definition) is 8. The number of rotatable bonds is 4. The molecule has 0 atom stereocenters. The van der Waals surface area contributed by atoms with Crippen LogP contribution in [-0.2, 0) is 0 Å². The van der Waals surface area contributed by atoms with Gasteiger partial charge in [-0.2, -0.15) is 4.57 Å². The van der Waals surface area contributed by atoms with Crippen molar-refractivity contribution in [2.24, 2.45) is 4.99 Å². The molecule has 0 unspecified atom stereocenters. The number of aromatic nitrogens is 6. The van der Waals surface area contributed by atoms with Crippen LogP contribution in [-0.4, -0.2) is 35.3 Å². The largest absolute Gasteiger partial charge is 0.422 e. The molecule has 0 amide bonds. The first-order chi connectivity index (χ1) is 14.8. The van der Waals surface area contributed by atoms with Gasteiger partial charge in [-0.15, -0.1) is 0 Å². The number of furan rings is 1. The molecule has 0 aliphatic heterocycles. The monoisotopic (exact) mass is 425 g/mol. The summed E-state index contributed by atoms with van der Waals surface area (Å²) < 4.78 is 6.67. The van der Waals surface area contributed by atoms with E-state index in [9.17, 15) is 28.8 Å². The van der Waals surface area contributed by atoms with E-state index in [1.165, 1.54) is 30.5 Å². The highest BCUT2D eigenvalue weighted by molar-refractivity contribution is 5.81. The van der Waals surface area contributed by atoms with Crippen LogP contribution in [0, 0.1) is 0 Å². The van der Waals surface area contributed by atoms with Crippen molar-refractivity contribution in [1.82, 2.24) is 29.1 Å². The van der Waals surface area contributed by atoms with Crippen LogP contribution in [0.25, 0.3) is 11.6 Å². The molecule has 0 fully saturated rings. The fraction of sp³-hybridized carbons (Fsp3) is 0. The maximum absolute atomic E-state index is 11.8. The number of aliphatic imine (C=N–C) groups is 1. The smallest absolute Gasteiger partial charge is 0.340 e. The number of benzene rings is 1. The zero-order valence-electron chi connectivity index (χ0n) is 15.2. The van der Waals surface area contributed by atoms with Crippen LogP contribution in [0.15, 0.2) is 74.6 Å². The Morgan fingerprint density at radius 2 is 1.19 bits per heavy atom. The summed E-state index contributed by atoms with van der Waals surface area (Å²) in [4.78, 5) is 81.2. The molecule has 0 aliphatic carbocycles. The van der Waals surface area contributed by atoms with Crippen molar-refractivity contribution < 1.29 is 4.42 Å². The van der Waals surface area contributed by atoms with Gasteiger partial charge in [0.1, 0.15) is 0 Å². The van der Waals surface area contributed by atoms with Crippen molar-refractivity contribution in [3.8, 4) is 11.6 Å². The number of H-pyrrole nitrogens is 4. The van der Waals surface area contributed by atoms with Crippen LogP contribution in [0.4, 0.5) is 5.88 Å². The maximum Gasteiger partial charge on any atom is 0.340 e. The minimum absolute atomic E-state index is 0.0601. The van der Waals surface area contributed by atoms with Gasteiger partial charge >= 0.3 is 34.1 Å². The molecule has 1 aromatic carbocycles. The SMILES string of the molecule is O=c1[nH]c(=O)n(-c2ccc(/C=N/c3ccc(-n4c(=O)[nH]c(=O)[nH]c4=O)o3)cc2)c(=O)[nH]1. The van der Waals surface area contributed by atoms with Gasteiger partial charge in [0, 0.05) is 18.3 Å². The van der Waals surface area contributed by atoms with Crippen molar-refractivity contribution >= 4 is 12.1 Å². The zero-order chi connectivity index (χ0) is 22.1. The summed E-state index contributed by atoms with van der Waals surface area (Å²) in [7, 11) is 0. The Morgan fingerprint density at radius 3 is 1.74 bits per heavy atom. The summed E-state index contributed by atoms with van der Waals surface area (Å²) in [6.07, 6.45) is 1.39. The highest BCUT2D eigenvalue weighted by Gasteiger charge is 2.10. The number of hydrogen-bond donors (Lipinski definition) is 4. The Hall–Kier alpha value is -5.01. The van der Waals surface area contributed by atoms with E-state index >= 15 is 0 Å². The lowest BCUT2D eigenvalue weighted by Crippen LogP contribution is -2.42. The van der Waals surface area contributed by atoms with E-state index in [1.807, 2.05) is 19.9 Å². The van der Waals surface area contributed by atoms with Gasteiger partial charge in [-0.1, -0.05) is 12.1 Å². The van der Waals surface area contributed by atoms with Gasteiger partial charge in [-0.25, -0.2) is 38.3 Å². The summed E-state index contributed by atoms with van der Waals surface area (Å²) in [5.74, 6) is -0.0912. The van der Waals surface area contributed by atoms with E-state index < -0.39 is 34.1 Å². The molecule has 0 radical (unpaired) electrons. The summed E-state index contributed by atoms with van der Waals surface area (Å²) in [6, 6.07) is 8.75. The summed E-state index contributed by atoms with van der Waals surface area (Å²) in [6.45, 7) is 0. The predicted octanol–water partition coefficient (Wildman–Crippen LogP) is -1.91. The predicted molar refractivity (Wildman–Crippen MR) is 106 cm³/mol. The highest BCUT2D eigenvalue weighted by atomic mass is 16.4. The zero-order valence-corrected chi connectivity index (χ0v) is 15.2. The summed E-state index contributed by atoms with van der Waals surface area (Å²) in [5, 5.41) is 0. The van der Waals surface area contributed by atoms with Crippen molar-refractivity contribution in [2.75, 3.05) is 0 Å². The minimum Gasteiger partial charge on any atom is -0.422 e. The van der Waals surface area contributed by atoms with Crippen LogP contribution in [0.5, 0.6) is 0 Å². The van der Waals surface area contributed by atoms with E-state index in [-0.39, 0.29) is 17.5 Å². The maximum atomic E-state index is 11.8. The van der Waals surface area contributed by atoms with Gasteiger partial charge in [-0.05, 0) is 17.7 Å². The normalized spacial score (nSPS) is 11.2. The number of nitrogens with zero attached hydrogens (tertiary/aromatic N) is 3. The van der Waals surface area contributed by atoms with Gasteiger partial charge in [0.25, 0.3) is 0 Å². The molecule has 0 saturated carbocycles. The topological polar surface area (TPSA) is 201 Å². The molecule has 14 nitrogen and oxygen atoms in total. The first kappa shape index (κ1) is 19.3. The summed E-state index contributed by atoms with van der Waals surface area (Å²) in [5.41, 5.74) is -4.77. The Bertz CT molecular complexity index is 1590. The molecule has 0 spiro atoms. The third-order valence-electron chi connectivity index (χ3n) is 3.98. The Morgan fingerprint density at radius 1 is 0.677 bits per heavy atom. The lowest BCUT2D eigenvalue weighted by molar-refractivity contribution is 0.529. The van der Waals surface area contributed by atoms with Gasteiger partial charge in [0.05, 0.1) is 5.69 Å². The molecule has 3 heterocycles. The van der Waals surface area contributed by atoms with E-state index in [0.717, 1.165) is 4.57 Å². The van der Waals surface area contributed by atoms with E-state index in [0.29, 0.717) is 10.1 Å². The molecule has 0 saturated heterocycles. The van der Waals surface area contributed by atoms with E-state index in [4.69, 9.17) is 4.42 Å². The molecular weight excluding hydrogens is 414 g/mol. The fourth-order valence-corrected chi connectivity index (χ4v) is 2.65. The third kappa shape index (κ3) is 3.80. The second-order valence-electron chi connectivity index (χ2n) is 6.01. The van der Waals surface area contributed by atoms with E-state index in [1.54, 1.807) is 12.1 Å². The van der Waals surface area contributed by atoms with Crippen molar-refractivity contribution in [3.63, 3.8) is 0 Å². The molecule has 3 aromatic heterocycles. The average Bonchev–Trinajstić information content (AvgIpc) is 3.14. The van der Waals surface area contributed by atoms with Gasteiger partial charge < -0.3 is 4.42 Å². The third-order valence-corrected chi connectivity index (χ3v) is 3.98. The van der Waals surface area contributed by atoms with Crippen LogP contribution in [0.2, 0.25) is 0 Å². The summed E-state index contributed by atoms with van der Waals surface area (Å²) >= 11 is 0. The lowest BCUT2D eigenvalue weighted by Gasteiger charge is -2.03. The van der Waals surface area contributed by atoms with Gasteiger partial charge in [-0.3, -0.25) is 19.9 Å². The highest BCUT2D eigenvalue weighted by Crippen LogP contribution is 2.18. The first-order valence-electron chi connectivity index (χ1n) is 8.48. The van der Waals surface area contributed by atoms with Crippen LogP contribution in [0.3, 0.4) is 0 Å². The first-order valence-corrected chi connectivity index (χ1v) is 8.48. The Labute approximate surface area is 167 Å². The molecular formula is C17H11N7O7. The molecule has 4 aromatic rings. The second kappa shape index (κ2) is 7.43. The van der Waals surface area contributed by atoms with Crippen molar-refractivity contribution in [3.05, 3.63) is 105 Å². The number of nitrogens with one attached hydrogen (secondary N) is 4. The fourth-order valence-electron chi connectivity index (χ4n) is 2.65. The van der Waals surface area contributed by atoms with Crippen LogP contribution < -0.4 is 34.1 Å². The quantitative estimate of drug-likeness (QED) is 0.273. The Balaban J connectivity index is 1.60. The van der Waals surface area contributed by atoms with Crippen LogP contribution >= 0.6 is 0 Å². The van der Waals surface area contributed by atoms with Crippen LogP contribution in [0.1, 0.15) is 5.56 Å². The Kier molecular flexibility index (Phi) is 4.63. The minimum atomic E-state index is -0.971. The molecule has 4 N–H and O–H groups in total. The molecule has 14 heteroatoms. The van der Waals surface area contributed by atoms with Crippen molar-refractivity contribution in [2.45, 2.75) is 0 Å².